The number of oxazole rings is 1. The van der Waals surface area contributed by atoms with Gasteiger partial charge in [-0.05, 0) is 12.8 Å². The van der Waals surface area contributed by atoms with E-state index < -0.39 is 5.76 Å². The highest BCUT2D eigenvalue weighted by atomic mass is 16.4. The first-order chi connectivity index (χ1) is 10.7. The van der Waals surface area contributed by atoms with Gasteiger partial charge in [0.15, 0.2) is 0 Å². The third-order valence-electron chi connectivity index (χ3n) is 3.94. The molecular formula is C13H15N5O4. The first-order valence-corrected chi connectivity index (χ1v) is 7.26. The van der Waals surface area contributed by atoms with Crippen molar-refractivity contribution in [1.82, 2.24) is 20.1 Å². The monoisotopic (exact) mass is 305 g/mol. The van der Waals surface area contributed by atoms with Gasteiger partial charge in [0.25, 0.3) is 5.91 Å². The topological polar surface area (TPSA) is 108 Å². The van der Waals surface area contributed by atoms with Crippen LogP contribution in [0.5, 0.6) is 0 Å². The van der Waals surface area contributed by atoms with Crippen LogP contribution in [0, 0.1) is 0 Å². The number of aromatic nitrogens is 3. The van der Waals surface area contributed by atoms with Crippen molar-refractivity contribution in [3.63, 3.8) is 0 Å². The number of carbonyl (C=O) groups excluding carboxylic acids is 1. The zero-order chi connectivity index (χ0) is 15.1. The SMILES string of the molecule is O=C(c1coc(=O)[nH]1)N1CCN(c2nnc(C3CC3)o2)CC1. The zero-order valence-electron chi connectivity index (χ0n) is 11.8. The Labute approximate surface area is 124 Å². The normalized spacial score (nSPS) is 18.7. The van der Waals surface area contributed by atoms with Crippen molar-refractivity contribution in [3.05, 3.63) is 28.4 Å². The summed E-state index contributed by atoms with van der Waals surface area (Å²) in [4.78, 5) is 29.1. The molecule has 0 bridgehead atoms. The minimum absolute atomic E-state index is 0.173. The summed E-state index contributed by atoms with van der Waals surface area (Å²) in [7, 11) is 0. The van der Waals surface area contributed by atoms with Gasteiger partial charge in [-0.15, -0.1) is 5.10 Å². The number of hydrogen-bond acceptors (Lipinski definition) is 7. The highest BCUT2D eigenvalue weighted by molar-refractivity contribution is 5.92. The maximum absolute atomic E-state index is 12.2. The molecule has 0 spiro atoms. The molecule has 1 amide bonds. The molecule has 0 radical (unpaired) electrons. The minimum Gasteiger partial charge on any atom is -0.416 e. The van der Waals surface area contributed by atoms with E-state index in [-0.39, 0.29) is 11.6 Å². The Morgan fingerprint density at radius 2 is 2.00 bits per heavy atom. The molecule has 2 fully saturated rings. The molecule has 1 N–H and O–H groups in total. The Balaban J connectivity index is 1.39. The van der Waals surface area contributed by atoms with Gasteiger partial charge < -0.3 is 18.6 Å². The number of nitrogens with zero attached hydrogens (tertiary/aromatic N) is 4. The molecule has 2 aromatic heterocycles. The van der Waals surface area contributed by atoms with E-state index in [0.717, 1.165) is 19.1 Å². The molecular weight excluding hydrogens is 290 g/mol. The van der Waals surface area contributed by atoms with Gasteiger partial charge in [0, 0.05) is 32.1 Å². The standard InChI is InChI=1S/C13H15N5O4/c19-11(9-7-21-13(20)14-9)17-3-5-18(6-4-17)12-16-15-10(22-12)8-1-2-8/h7-8H,1-6H2,(H,14,20). The second kappa shape index (κ2) is 5.00. The molecule has 2 aromatic rings. The van der Waals surface area contributed by atoms with Gasteiger partial charge in [-0.1, -0.05) is 5.10 Å². The first kappa shape index (κ1) is 13.1. The molecule has 0 atom stereocenters. The van der Waals surface area contributed by atoms with Gasteiger partial charge in [0.05, 0.1) is 0 Å². The molecule has 0 unspecified atom stereocenters. The number of nitrogens with one attached hydrogen (secondary N) is 1. The molecule has 1 aliphatic carbocycles. The summed E-state index contributed by atoms with van der Waals surface area (Å²) in [5.41, 5.74) is 0.173. The number of hydrogen-bond donors (Lipinski definition) is 1. The summed E-state index contributed by atoms with van der Waals surface area (Å²) in [5, 5.41) is 8.14. The van der Waals surface area contributed by atoms with Gasteiger partial charge >= 0.3 is 11.8 Å². The number of amides is 1. The van der Waals surface area contributed by atoms with Crippen LogP contribution in [0.1, 0.15) is 35.1 Å². The van der Waals surface area contributed by atoms with Gasteiger partial charge in [-0.25, -0.2) is 4.79 Å². The van der Waals surface area contributed by atoms with Gasteiger partial charge in [-0.2, -0.15) is 0 Å². The summed E-state index contributed by atoms with van der Waals surface area (Å²) in [6.07, 6.45) is 3.39. The van der Waals surface area contributed by atoms with E-state index >= 15 is 0 Å². The second-order valence-corrected chi connectivity index (χ2v) is 5.54. The molecule has 3 heterocycles. The van der Waals surface area contributed by atoms with E-state index in [9.17, 15) is 9.59 Å². The van der Waals surface area contributed by atoms with E-state index in [4.69, 9.17) is 4.42 Å². The largest absolute Gasteiger partial charge is 0.416 e. The fourth-order valence-electron chi connectivity index (χ4n) is 2.51. The number of aromatic amines is 1. The summed E-state index contributed by atoms with van der Waals surface area (Å²) in [5.74, 6) is 0.279. The van der Waals surface area contributed by atoms with Crippen LogP contribution in [-0.4, -0.2) is 52.2 Å². The van der Waals surface area contributed by atoms with Crippen molar-refractivity contribution in [2.24, 2.45) is 0 Å². The van der Waals surface area contributed by atoms with Crippen molar-refractivity contribution >= 4 is 11.9 Å². The lowest BCUT2D eigenvalue weighted by atomic mass is 10.3. The molecule has 4 rings (SSSR count). The van der Waals surface area contributed by atoms with Crippen LogP contribution in [0.2, 0.25) is 0 Å². The molecule has 9 nitrogen and oxygen atoms in total. The maximum Gasteiger partial charge on any atom is 0.416 e. The van der Waals surface area contributed by atoms with Crippen molar-refractivity contribution < 1.29 is 13.6 Å². The smallest absolute Gasteiger partial charge is 0.416 e. The van der Waals surface area contributed by atoms with Gasteiger partial charge in [0.1, 0.15) is 12.0 Å². The van der Waals surface area contributed by atoms with Crippen molar-refractivity contribution in [2.75, 3.05) is 31.1 Å². The molecule has 2 aliphatic rings. The fraction of sp³-hybridized carbons (Fsp3) is 0.538. The highest BCUT2D eigenvalue weighted by Gasteiger charge is 2.31. The Hall–Kier alpha value is -2.58. The minimum atomic E-state index is -0.625. The molecule has 116 valence electrons. The Kier molecular flexibility index (Phi) is 2.98. The summed E-state index contributed by atoms with van der Waals surface area (Å²) >= 11 is 0. The predicted molar refractivity (Wildman–Crippen MR) is 73.7 cm³/mol. The van der Waals surface area contributed by atoms with Crippen LogP contribution in [0.4, 0.5) is 6.01 Å². The third-order valence-corrected chi connectivity index (χ3v) is 3.94. The van der Waals surface area contributed by atoms with Crippen LogP contribution >= 0.6 is 0 Å². The van der Waals surface area contributed by atoms with E-state index in [0.29, 0.717) is 44.0 Å². The van der Waals surface area contributed by atoms with E-state index in [1.807, 2.05) is 4.90 Å². The van der Waals surface area contributed by atoms with E-state index in [1.54, 1.807) is 4.90 Å². The number of piperazine rings is 1. The molecule has 9 heteroatoms. The van der Waals surface area contributed by atoms with Crippen LogP contribution in [-0.2, 0) is 0 Å². The van der Waals surface area contributed by atoms with Crippen molar-refractivity contribution in [2.45, 2.75) is 18.8 Å². The third kappa shape index (κ3) is 2.38. The molecule has 22 heavy (non-hydrogen) atoms. The number of H-pyrrole nitrogens is 1. The quantitative estimate of drug-likeness (QED) is 0.862. The second-order valence-electron chi connectivity index (χ2n) is 5.54. The fourth-order valence-corrected chi connectivity index (χ4v) is 2.51. The van der Waals surface area contributed by atoms with Crippen LogP contribution in [0.3, 0.4) is 0 Å². The maximum atomic E-state index is 12.2. The first-order valence-electron chi connectivity index (χ1n) is 7.26. The average Bonchev–Trinajstić information content (AvgIpc) is 3.11. The zero-order valence-corrected chi connectivity index (χ0v) is 11.8. The lowest BCUT2D eigenvalue weighted by Gasteiger charge is -2.33. The predicted octanol–water partition coefficient (Wildman–Crippen LogP) is 0.191. The lowest BCUT2D eigenvalue weighted by molar-refractivity contribution is 0.0739. The Bertz CT molecular complexity index is 735. The van der Waals surface area contributed by atoms with Crippen LogP contribution in [0.15, 0.2) is 19.9 Å². The molecule has 1 aliphatic heterocycles. The lowest BCUT2D eigenvalue weighted by Crippen LogP contribution is -2.49. The summed E-state index contributed by atoms with van der Waals surface area (Å²) in [6, 6.07) is 0.519. The van der Waals surface area contributed by atoms with Crippen LogP contribution in [0.25, 0.3) is 0 Å². The van der Waals surface area contributed by atoms with Crippen molar-refractivity contribution in [3.8, 4) is 0 Å². The molecule has 1 saturated heterocycles. The number of rotatable bonds is 3. The van der Waals surface area contributed by atoms with Gasteiger partial charge in [0.2, 0.25) is 5.89 Å². The summed E-state index contributed by atoms with van der Waals surface area (Å²) < 4.78 is 10.3. The Morgan fingerprint density at radius 3 is 2.64 bits per heavy atom. The Morgan fingerprint density at radius 1 is 1.23 bits per heavy atom. The highest BCUT2D eigenvalue weighted by Crippen LogP contribution is 2.39. The van der Waals surface area contributed by atoms with Crippen LogP contribution < -0.4 is 10.7 Å². The van der Waals surface area contributed by atoms with E-state index in [2.05, 4.69) is 19.6 Å². The average molecular weight is 305 g/mol. The van der Waals surface area contributed by atoms with Gasteiger partial charge in [-0.3, -0.25) is 9.78 Å². The van der Waals surface area contributed by atoms with Crippen molar-refractivity contribution in [1.29, 1.82) is 0 Å². The molecule has 0 aromatic carbocycles. The number of anilines is 1. The van der Waals surface area contributed by atoms with E-state index in [1.165, 1.54) is 0 Å². The summed E-state index contributed by atoms with van der Waals surface area (Å²) in [6.45, 7) is 2.26. The number of carbonyl (C=O) groups is 1. The molecule has 1 saturated carbocycles.